The van der Waals surface area contributed by atoms with Gasteiger partial charge in [0.15, 0.2) is 0 Å². The molecule has 0 atom stereocenters. The standard InChI is InChI=1S/C15H11N3O3/c1-9-8-18(17-13(14(9)19)15(20)21)12-4-2-3-10-7-16-6-5-11(10)12/h2-8H,1H3,(H,20,21). The van der Waals surface area contributed by atoms with Gasteiger partial charge >= 0.3 is 5.97 Å². The molecule has 0 unspecified atom stereocenters. The molecule has 0 radical (unpaired) electrons. The van der Waals surface area contributed by atoms with Crippen LogP contribution in [-0.4, -0.2) is 25.8 Å². The van der Waals surface area contributed by atoms with Crippen LogP contribution in [0.5, 0.6) is 0 Å². The summed E-state index contributed by atoms with van der Waals surface area (Å²) < 4.78 is 1.42. The van der Waals surface area contributed by atoms with Crippen LogP contribution in [0.1, 0.15) is 16.1 Å². The summed E-state index contributed by atoms with van der Waals surface area (Å²) in [5, 5.41) is 14.8. The highest BCUT2D eigenvalue weighted by Gasteiger charge is 2.15. The Bertz CT molecular complexity index is 910. The zero-order chi connectivity index (χ0) is 15.0. The van der Waals surface area contributed by atoms with Crippen molar-refractivity contribution in [1.29, 1.82) is 0 Å². The minimum absolute atomic E-state index is 0.327. The molecule has 0 saturated heterocycles. The quantitative estimate of drug-likeness (QED) is 0.774. The molecule has 6 nitrogen and oxygen atoms in total. The number of nitrogens with zero attached hydrogens (tertiary/aromatic N) is 3. The van der Waals surface area contributed by atoms with Gasteiger partial charge in [0.05, 0.1) is 5.69 Å². The van der Waals surface area contributed by atoms with Gasteiger partial charge in [-0.25, -0.2) is 9.48 Å². The number of hydrogen-bond donors (Lipinski definition) is 1. The van der Waals surface area contributed by atoms with Crippen molar-refractivity contribution in [2.24, 2.45) is 0 Å². The van der Waals surface area contributed by atoms with Gasteiger partial charge in [0.1, 0.15) is 0 Å². The molecule has 2 heterocycles. The van der Waals surface area contributed by atoms with Crippen LogP contribution in [0, 0.1) is 6.92 Å². The minimum atomic E-state index is -1.33. The van der Waals surface area contributed by atoms with Crippen LogP contribution < -0.4 is 5.43 Å². The molecule has 0 spiro atoms. The van der Waals surface area contributed by atoms with Crippen molar-refractivity contribution < 1.29 is 9.90 Å². The molecule has 1 N–H and O–H groups in total. The summed E-state index contributed by atoms with van der Waals surface area (Å²) in [5.41, 5.74) is -0.0318. The van der Waals surface area contributed by atoms with Crippen LogP contribution in [0.25, 0.3) is 16.5 Å². The highest BCUT2D eigenvalue weighted by Crippen LogP contribution is 2.20. The zero-order valence-electron chi connectivity index (χ0n) is 11.1. The topological polar surface area (TPSA) is 85.1 Å². The molecule has 3 aromatic rings. The van der Waals surface area contributed by atoms with Gasteiger partial charge in [0.25, 0.3) is 0 Å². The molecule has 0 amide bonds. The molecular weight excluding hydrogens is 270 g/mol. The van der Waals surface area contributed by atoms with Crippen molar-refractivity contribution in [1.82, 2.24) is 14.8 Å². The number of benzene rings is 1. The number of carboxylic acid groups (broad SMARTS) is 1. The predicted molar refractivity (Wildman–Crippen MR) is 76.8 cm³/mol. The van der Waals surface area contributed by atoms with E-state index in [1.807, 2.05) is 24.3 Å². The number of fused-ring (bicyclic) bond motifs is 1. The molecule has 2 aromatic heterocycles. The molecule has 0 aliphatic carbocycles. The minimum Gasteiger partial charge on any atom is -0.476 e. The van der Waals surface area contributed by atoms with Crippen molar-refractivity contribution in [2.75, 3.05) is 0 Å². The molecule has 1 aromatic carbocycles. The van der Waals surface area contributed by atoms with Gasteiger partial charge in [0.2, 0.25) is 11.1 Å². The maximum atomic E-state index is 11.8. The highest BCUT2D eigenvalue weighted by molar-refractivity contribution is 5.89. The van der Waals surface area contributed by atoms with Crippen molar-refractivity contribution in [3.63, 3.8) is 0 Å². The van der Waals surface area contributed by atoms with Crippen LogP contribution in [0.3, 0.4) is 0 Å². The Kier molecular flexibility index (Phi) is 2.98. The summed E-state index contributed by atoms with van der Waals surface area (Å²) in [6, 6.07) is 7.36. The van der Waals surface area contributed by atoms with E-state index in [0.717, 1.165) is 10.8 Å². The predicted octanol–water partition coefficient (Wildman–Crippen LogP) is 1.79. The molecular formula is C15H11N3O3. The van der Waals surface area contributed by atoms with Crippen molar-refractivity contribution in [2.45, 2.75) is 6.92 Å². The number of carboxylic acids is 1. The van der Waals surface area contributed by atoms with Crippen LogP contribution in [-0.2, 0) is 0 Å². The monoisotopic (exact) mass is 281 g/mol. The lowest BCUT2D eigenvalue weighted by atomic mass is 10.1. The Morgan fingerprint density at radius 1 is 1.29 bits per heavy atom. The third kappa shape index (κ3) is 2.16. The first kappa shape index (κ1) is 13.0. The summed E-state index contributed by atoms with van der Waals surface area (Å²) in [5.74, 6) is -1.33. The van der Waals surface area contributed by atoms with Crippen molar-refractivity contribution in [3.05, 3.63) is 64.3 Å². The normalized spacial score (nSPS) is 10.7. The Labute approximate surface area is 119 Å². The van der Waals surface area contributed by atoms with Gasteiger partial charge in [-0.05, 0) is 19.1 Å². The van der Waals surface area contributed by atoms with Crippen molar-refractivity contribution in [3.8, 4) is 5.69 Å². The average Bonchev–Trinajstić information content (AvgIpc) is 2.49. The van der Waals surface area contributed by atoms with E-state index in [4.69, 9.17) is 5.11 Å². The number of carbonyl (C=O) groups is 1. The fourth-order valence-corrected chi connectivity index (χ4v) is 2.18. The highest BCUT2D eigenvalue weighted by atomic mass is 16.4. The second-order valence-electron chi connectivity index (χ2n) is 4.61. The van der Waals surface area contributed by atoms with Gasteiger partial charge in [-0.2, -0.15) is 5.10 Å². The number of aromatic carboxylic acids is 1. The first-order chi connectivity index (χ1) is 10.1. The van der Waals surface area contributed by atoms with Crippen molar-refractivity contribution >= 4 is 16.7 Å². The smallest absolute Gasteiger partial charge is 0.360 e. The summed E-state index contributed by atoms with van der Waals surface area (Å²) in [6.07, 6.45) is 4.90. The molecule has 3 rings (SSSR count). The molecule has 21 heavy (non-hydrogen) atoms. The second-order valence-corrected chi connectivity index (χ2v) is 4.61. The number of aromatic nitrogens is 3. The maximum absolute atomic E-state index is 11.8. The van der Waals surface area contributed by atoms with E-state index in [2.05, 4.69) is 10.1 Å². The number of aryl methyl sites for hydroxylation is 1. The maximum Gasteiger partial charge on any atom is 0.360 e. The molecule has 0 aliphatic heterocycles. The van der Waals surface area contributed by atoms with Gasteiger partial charge < -0.3 is 5.11 Å². The number of hydrogen-bond acceptors (Lipinski definition) is 4. The average molecular weight is 281 g/mol. The third-order valence-electron chi connectivity index (χ3n) is 3.20. The number of pyridine rings is 1. The summed E-state index contributed by atoms with van der Waals surface area (Å²) in [7, 11) is 0. The Hall–Kier alpha value is -3.02. The molecule has 6 heteroatoms. The Balaban J connectivity index is 2.34. The lowest BCUT2D eigenvalue weighted by molar-refractivity contribution is 0.0686. The molecule has 0 fully saturated rings. The fourth-order valence-electron chi connectivity index (χ4n) is 2.18. The van der Waals surface area contributed by atoms with E-state index < -0.39 is 17.1 Å². The van der Waals surface area contributed by atoms with Crippen LogP contribution >= 0.6 is 0 Å². The van der Waals surface area contributed by atoms with Crippen LogP contribution in [0.2, 0.25) is 0 Å². The van der Waals surface area contributed by atoms with Gasteiger partial charge in [-0.1, -0.05) is 12.1 Å². The van der Waals surface area contributed by atoms with Gasteiger partial charge in [0, 0.05) is 34.9 Å². The molecule has 0 saturated carbocycles. The first-order valence-corrected chi connectivity index (χ1v) is 6.25. The van der Waals surface area contributed by atoms with E-state index in [1.54, 1.807) is 19.3 Å². The third-order valence-corrected chi connectivity index (χ3v) is 3.20. The molecule has 104 valence electrons. The Morgan fingerprint density at radius 2 is 2.10 bits per heavy atom. The summed E-state index contributed by atoms with van der Waals surface area (Å²) >= 11 is 0. The lowest BCUT2D eigenvalue weighted by Gasteiger charge is -2.10. The number of rotatable bonds is 2. The summed E-state index contributed by atoms with van der Waals surface area (Å²) in [6.45, 7) is 1.57. The SMILES string of the molecule is Cc1cn(-c2cccc3cnccc23)nc(C(=O)O)c1=O. The zero-order valence-corrected chi connectivity index (χ0v) is 11.1. The van der Waals surface area contributed by atoms with E-state index in [-0.39, 0.29) is 0 Å². The lowest BCUT2D eigenvalue weighted by Crippen LogP contribution is -2.23. The molecule has 0 bridgehead atoms. The van der Waals surface area contributed by atoms with Crippen LogP contribution in [0.4, 0.5) is 0 Å². The second kappa shape index (κ2) is 4.82. The fraction of sp³-hybridized carbons (Fsp3) is 0.0667. The van der Waals surface area contributed by atoms with E-state index in [1.165, 1.54) is 10.9 Å². The molecule has 0 aliphatic rings. The first-order valence-electron chi connectivity index (χ1n) is 6.25. The van der Waals surface area contributed by atoms with Crippen LogP contribution in [0.15, 0.2) is 47.7 Å². The Morgan fingerprint density at radius 3 is 2.86 bits per heavy atom. The van der Waals surface area contributed by atoms with E-state index in [0.29, 0.717) is 11.3 Å². The largest absolute Gasteiger partial charge is 0.476 e. The van der Waals surface area contributed by atoms with E-state index in [9.17, 15) is 9.59 Å². The van der Waals surface area contributed by atoms with Gasteiger partial charge in [-0.3, -0.25) is 9.78 Å². The summed E-state index contributed by atoms with van der Waals surface area (Å²) in [4.78, 5) is 27.0. The van der Waals surface area contributed by atoms with E-state index >= 15 is 0 Å². The van der Waals surface area contributed by atoms with Gasteiger partial charge in [-0.15, -0.1) is 0 Å².